The maximum Gasteiger partial charge on any atom is 0.328 e. The van der Waals surface area contributed by atoms with Crippen molar-refractivity contribution in [1.82, 2.24) is 4.90 Å². The second-order valence-corrected chi connectivity index (χ2v) is 5.70. The number of carboxylic acid groups (broad SMARTS) is 1. The molecule has 21 heavy (non-hydrogen) atoms. The van der Waals surface area contributed by atoms with Crippen molar-refractivity contribution in [3.8, 4) is 0 Å². The van der Waals surface area contributed by atoms with Crippen molar-refractivity contribution in [3.05, 3.63) is 41.2 Å². The van der Waals surface area contributed by atoms with Crippen LogP contribution in [-0.2, 0) is 4.79 Å². The van der Waals surface area contributed by atoms with Crippen LogP contribution in [0.4, 0.5) is 4.39 Å². The third kappa shape index (κ3) is 2.68. The zero-order chi connectivity index (χ0) is 15.0. The Morgan fingerprint density at radius 1 is 1.33 bits per heavy atom. The third-order valence-electron chi connectivity index (χ3n) is 4.31. The highest BCUT2D eigenvalue weighted by Gasteiger charge is 2.40. The van der Waals surface area contributed by atoms with E-state index < -0.39 is 11.8 Å². The molecule has 1 heterocycles. The van der Waals surface area contributed by atoms with Gasteiger partial charge in [0.2, 0.25) is 0 Å². The van der Waals surface area contributed by atoms with E-state index in [1.807, 2.05) is 0 Å². The van der Waals surface area contributed by atoms with Gasteiger partial charge in [-0.15, -0.1) is 0 Å². The van der Waals surface area contributed by atoms with Gasteiger partial charge >= 0.3 is 5.97 Å². The lowest BCUT2D eigenvalue weighted by molar-refractivity contribution is -0.131. The number of carbonyl (C=O) groups excluding carboxylic acids is 1. The van der Waals surface area contributed by atoms with Crippen molar-refractivity contribution >= 4 is 18.0 Å². The number of amides is 1. The molecule has 4 nitrogen and oxygen atoms in total. The molecule has 1 saturated heterocycles. The molecule has 1 aliphatic heterocycles. The topological polar surface area (TPSA) is 57.6 Å². The smallest absolute Gasteiger partial charge is 0.328 e. The van der Waals surface area contributed by atoms with Gasteiger partial charge in [0.25, 0.3) is 5.91 Å². The van der Waals surface area contributed by atoms with E-state index in [1.165, 1.54) is 18.2 Å². The first kappa shape index (κ1) is 13.8. The second-order valence-electron chi connectivity index (χ2n) is 5.70. The molecule has 3 rings (SSSR count). The first-order valence-electron chi connectivity index (χ1n) is 7.06. The van der Waals surface area contributed by atoms with Crippen LogP contribution in [-0.4, -0.2) is 34.5 Å². The summed E-state index contributed by atoms with van der Waals surface area (Å²) in [5.41, 5.74) is 0.490. The minimum absolute atomic E-state index is 0.0648. The summed E-state index contributed by atoms with van der Waals surface area (Å²) in [7, 11) is 0. The largest absolute Gasteiger partial charge is 0.478 e. The zero-order valence-electron chi connectivity index (χ0n) is 11.5. The van der Waals surface area contributed by atoms with Crippen molar-refractivity contribution in [3.63, 3.8) is 0 Å². The Bertz CT molecular complexity index is 626. The van der Waals surface area contributed by atoms with Crippen molar-refractivity contribution in [2.24, 2.45) is 5.92 Å². The van der Waals surface area contributed by atoms with Crippen LogP contribution in [0.3, 0.4) is 0 Å². The summed E-state index contributed by atoms with van der Waals surface area (Å²) >= 11 is 0. The molecule has 1 saturated carbocycles. The monoisotopic (exact) mass is 289 g/mol. The number of halogens is 1. The Balaban J connectivity index is 1.79. The number of carboxylic acids is 1. The van der Waals surface area contributed by atoms with Crippen molar-refractivity contribution in [1.29, 1.82) is 0 Å². The Morgan fingerprint density at radius 2 is 2.14 bits per heavy atom. The molecule has 1 N–H and O–H groups in total. The molecule has 0 aromatic heterocycles. The van der Waals surface area contributed by atoms with Crippen LogP contribution in [0.25, 0.3) is 6.08 Å². The molecule has 2 unspecified atom stereocenters. The summed E-state index contributed by atoms with van der Waals surface area (Å²) in [6, 6.07) is 4.45. The molecular weight excluding hydrogens is 273 g/mol. The number of carbonyl (C=O) groups is 2. The maximum absolute atomic E-state index is 14.1. The molecule has 1 aromatic rings. The highest BCUT2D eigenvalue weighted by molar-refractivity contribution is 5.95. The van der Waals surface area contributed by atoms with E-state index in [1.54, 1.807) is 11.0 Å². The van der Waals surface area contributed by atoms with Crippen molar-refractivity contribution < 1.29 is 19.1 Å². The standard InChI is InChI=1S/C16H16FNO3/c17-14-8-10(3-6-15(19)20)2-5-13(14)16(21)18-9-11-1-4-12(18)7-11/h2-3,5-6,8,11-12H,1,4,7,9H2,(H,19,20). The Kier molecular flexibility index (Phi) is 3.49. The summed E-state index contributed by atoms with van der Waals surface area (Å²) < 4.78 is 14.1. The molecular formula is C16H16FNO3. The Labute approximate surface area is 121 Å². The number of hydrogen-bond acceptors (Lipinski definition) is 2. The number of rotatable bonds is 3. The van der Waals surface area contributed by atoms with Crippen LogP contribution in [0.5, 0.6) is 0 Å². The summed E-state index contributed by atoms with van der Waals surface area (Å²) in [6.07, 6.45) is 5.45. The van der Waals surface area contributed by atoms with E-state index in [0.717, 1.165) is 31.9 Å². The van der Waals surface area contributed by atoms with Gasteiger partial charge in [0, 0.05) is 18.7 Å². The predicted molar refractivity (Wildman–Crippen MR) is 75.2 cm³/mol. The van der Waals surface area contributed by atoms with Gasteiger partial charge in [-0.2, -0.15) is 0 Å². The van der Waals surface area contributed by atoms with Crippen LogP contribution < -0.4 is 0 Å². The minimum atomic E-state index is -1.09. The lowest BCUT2D eigenvalue weighted by atomic mass is 10.1. The van der Waals surface area contributed by atoms with Gasteiger partial charge < -0.3 is 10.0 Å². The molecule has 0 spiro atoms. The van der Waals surface area contributed by atoms with E-state index in [-0.39, 0.29) is 17.5 Å². The van der Waals surface area contributed by atoms with Crippen molar-refractivity contribution in [2.75, 3.05) is 6.54 Å². The van der Waals surface area contributed by atoms with E-state index in [2.05, 4.69) is 0 Å². The molecule has 1 aromatic carbocycles. The summed E-state index contributed by atoms with van der Waals surface area (Å²) in [5.74, 6) is -1.38. The van der Waals surface area contributed by atoms with Crippen LogP contribution in [0.1, 0.15) is 35.2 Å². The van der Waals surface area contributed by atoms with Crippen molar-refractivity contribution in [2.45, 2.75) is 25.3 Å². The molecule has 2 atom stereocenters. The molecule has 2 fully saturated rings. The van der Waals surface area contributed by atoms with Crippen LogP contribution in [0.2, 0.25) is 0 Å². The fraction of sp³-hybridized carbons (Fsp3) is 0.375. The number of nitrogens with zero attached hydrogens (tertiary/aromatic N) is 1. The second kappa shape index (κ2) is 5.31. The van der Waals surface area contributed by atoms with Gasteiger partial charge in [0.1, 0.15) is 5.82 Å². The number of piperidine rings is 1. The number of hydrogen-bond donors (Lipinski definition) is 1. The summed E-state index contributed by atoms with van der Waals surface area (Å²) in [6.45, 7) is 0.726. The number of likely N-dealkylation sites (tertiary alicyclic amines) is 1. The molecule has 110 valence electrons. The first-order valence-corrected chi connectivity index (χ1v) is 7.06. The fourth-order valence-corrected chi connectivity index (χ4v) is 3.30. The fourth-order valence-electron chi connectivity index (χ4n) is 3.30. The number of fused-ring (bicyclic) bond motifs is 2. The van der Waals surface area contributed by atoms with Gasteiger partial charge in [-0.05, 0) is 49.0 Å². The lowest BCUT2D eigenvalue weighted by Crippen LogP contribution is -2.38. The van der Waals surface area contributed by atoms with Gasteiger partial charge in [-0.25, -0.2) is 9.18 Å². The van der Waals surface area contributed by atoms with E-state index in [9.17, 15) is 14.0 Å². The van der Waals surface area contributed by atoms with Gasteiger partial charge in [-0.3, -0.25) is 4.79 Å². The molecule has 1 aliphatic carbocycles. The van der Waals surface area contributed by atoms with E-state index in [0.29, 0.717) is 11.5 Å². The quantitative estimate of drug-likeness (QED) is 0.870. The number of benzene rings is 1. The van der Waals surface area contributed by atoms with Gasteiger partial charge in [0.05, 0.1) is 5.56 Å². The zero-order valence-corrected chi connectivity index (χ0v) is 11.5. The average Bonchev–Trinajstić information content (AvgIpc) is 3.07. The normalized spacial score (nSPS) is 24.0. The van der Waals surface area contributed by atoms with Crippen LogP contribution >= 0.6 is 0 Å². The average molecular weight is 289 g/mol. The minimum Gasteiger partial charge on any atom is -0.478 e. The predicted octanol–water partition coefficient (Wildman–Crippen LogP) is 2.55. The molecule has 2 aliphatic rings. The highest BCUT2D eigenvalue weighted by Crippen LogP contribution is 2.38. The SMILES string of the molecule is O=C(O)C=Cc1ccc(C(=O)N2CC3CCC2C3)c(F)c1. The Hall–Kier alpha value is -2.17. The van der Waals surface area contributed by atoms with Crippen LogP contribution in [0, 0.1) is 11.7 Å². The number of aliphatic carboxylic acids is 1. The third-order valence-corrected chi connectivity index (χ3v) is 4.31. The summed E-state index contributed by atoms with van der Waals surface area (Å²) in [5, 5.41) is 8.55. The maximum atomic E-state index is 14.1. The Morgan fingerprint density at radius 3 is 2.71 bits per heavy atom. The van der Waals surface area contributed by atoms with E-state index >= 15 is 0 Å². The lowest BCUT2D eigenvalue weighted by Gasteiger charge is -2.27. The van der Waals surface area contributed by atoms with E-state index in [4.69, 9.17) is 5.11 Å². The van der Waals surface area contributed by atoms with Crippen LogP contribution in [0.15, 0.2) is 24.3 Å². The highest BCUT2D eigenvalue weighted by atomic mass is 19.1. The van der Waals surface area contributed by atoms with Gasteiger partial charge in [-0.1, -0.05) is 6.07 Å². The molecule has 1 amide bonds. The molecule has 5 heteroatoms. The summed E-state index contributed by atoms with van der Waals surface area (Å²) in [4.78, 5) is 24.6. The first-order chi connectivity index (χ1) is 10.0. The molecule has 2 bridgehead atoms. The van der Waals surface area contributed by atoms with Gasteiger partial charge in [0.15, 0.2) is 0 Å². The molecule has 0 radical (unpaired) electrons.